The number of ether oxygens (including phenoxy) is 1. The smallest absolute Gasteiger partial charge is 0.305 e. The summed E-state index contributed by atoms with van der Waals surface area (Å²) >= 11 is 6.37. The summed E-state index contributed by atoms with van der Waals surface area (Å²) in [5.41, 5.74) is 1.78. The second kappa shape index (κ2) is 6.66. The lowest BCUT2D eigenvalue weighted by molar-refractivity contribution is -0.137. The van der Waals surface area contributed by atoms with Gasteiger partial charge in [-0.1, -0.05) is 24.0 Å². The topological polar surface area (TPSA) is 82.6 Å². The van der Waals surface area contributed by atoms with Gasteiger partial charge in [-0.3, -0.25) is 14.5 Å². The standard InChI is InChI=1S/C16H14N2O4S2/c1-22-10-2-3-12-11(7-10)9(8-17-12)6-13-15(21)18(16(23)24-13)5-4-14(19)20/h2-3,6-8,17H,4-5H2,1H3,(H,19,20). The Morgan fingerprint density at radius 2 is 2.29 bits per heavy atom. The first-order chi connectivity index (χ1) is 11.5. The maximum absolute atomic E-state index is 12.4. The maximum Gasteiger partial charge on any atom is 0.305 e. The zero-order chi connectivity index (χ0) is 17.3. The third kappa shape index (κ3) is 3.15. The van der Waals surface area contributed by atoms with E-state index in [1.54, 1.807) is 13.2 Å². The molecule has 1 fully saturated rings. The Hall–Kier alpha value is -2.32. The molecule has 0 atom stereocenters. The van der Waals surface area contributed by atoms with E-state index in [9.17, 15) is 9.59 Å². The molecule has 1 aromatic heterocycles. The van der Waals surface area contributed by atoms with Crippen LogP contribution in [-0.4, -0.2) is 44.8 Å². The molecule has 1 aliphatic rings. The Bertz CT molecular complexity index is 872. The van der Waals surface area contributed by atoms with Crippen molar-refractivity contribution in [1.29, 1.82) is 0 Å². The van der Waals surface area contributed by atoms with Crippen LogP contribution in [0.2, 0.25) is 0 Å². The fourth-order valence-electron chi connectivity index (χ4n) is 2.41. The number of carboxylic acid groups (broad SMARTS) is 1. The minimum absolute atomic E-state index is 0.0824. The average molecular weight is 362 g/mol. The number of rotatable bonds is 5. The van der Waals surface area contributed by atoms with E-state index in [4.69, 9.17) is 22.1 Å². The van der Waals surface area contributed by atoms with Crippen molar-refractivity contribution in [1.82, 2.24) is 9.88 Å². The molecule has 0 spiro atoms. The summed E-state index contributed by atoms with van der Waals surface area (Å²) in [6, 6.07) is 5.65. The van der Waals surface area contributed by atoms with Crippen LogP contribution in [0.25, 0.3) is 17.0 Å². The Labute approximate surface area is 147 Å². The van der Waals surface area contributed by atoms with Gasteiger partial charge >= 0.3 is 5.97 Å². The van der Waals surface area contributed by atoms with Gasteiger partial charge in [-0.15, -0.1) is 0 Å². The zero-order valence-electron chi connectivity index (χ0n) is 12.7. The molecule has 2 aromatic rings. The van der Waals surface area contributed by atoms with Crippen molar-refractivity contribution in [2.45, 2.75) is 6.42 Å². The number of amides is 1. The predicted molar refractivity (Wildman–Crippen MR) is 97.0 cm³/mol. The number of methoxy groups -OCH3 is 1. The van der Waals surface area contributed by atoms with Crippen LogP contribution in [0.4, 0.5) is 0 Å². The lowest BCUT2D eigenvalue weighted by atomic mass is 10.1. The molecular formula is C16H14N2O4S2. The summed E-state index contributed by atoms with van der Waals surface area (Å²) in [6.07, 6.45) is 3.44. The number of carboxylic acids is 1. The number of aliphatic carboxylic acids is 1. The third-order valence-corrected chi connectivity index (χ3v) is 5.01. The maximum atomic E-state index is 12.4. The molecule has 6 nitrogen and oxygen atoms in total. The summed E-state index contributed by atoms with van der Waals surface area (Å²) in [5.74, 6) is -0.494. The van der Waals surface area contributed by atoms with Gasteiger partial charge in [0, 0.05) is 29.2 Å². The first-order valence-electron chi connectivity index (χ1n) is 7.12. The van der Waals surface area contributed by atoms with E-state index in [-0.39, 0.29) is 18.9 Å². The second-order valence-electron chi connectivity index (χ2n) is 5.13. The highest BCUT2D eigenvalue weighted by atomic mass is 32.2. The van der Waals surface area contributed by atoms with Crippen molar-refractivity contribution in [3.63, 3.8) is 0 Å². The van der Waals surface area contributed by atoms with Crippen molar-refractivity contribution in [2.75, 3.05) is 13.7 Å². The van der Waals surface area contributed by atoms with Crippen molar-refractivity contribution in [3.8, 4) is 5.75 Å². The van der Waals surface area contributed by atoms with E-state index < -0.39 is 5.97 Å². The van der Waals surface area contributed by atoms with Gasteiger partial charge in [-0.25, -0.2) is 0 Å². The number of nitrogens with zero attached hydrogens (tertiary/aromatic N) is 1. The van der Waals surface area contributed by atoms with Gasteiger partial charge in [0.25, 0.3) is 5.91 Å². The zero-order valence-corrected chi connectivity index (χ0v) is 14.4. The number of aromatic amines is 1. The molecule has 1 saturated heterocycles. The molecule has 0 bridgehead atoms. The van der Waals surface area contributed by atoms with Gasteiger partial charge < -0.3 is 14.8 Å². The van der Waals surface area contributed by atoms with E-state index >= 15 is 0 Å². The fraction of sp³-hybridized carbons (Fsp3) is 0.188. The third-order valence-electron chi connectivity index (χ3n) is 3.63. The second-order valence-corrected chi connectivity index (χ2v) is 6.81. The van der Waals surface area contributed by atoms with Gasteiger partial charge in [0.05, 0.1) is 18.4 Å². The highest BCUT2D eigenvalue weighted by Crippen LogP contribution is 2.34. The number of thiocarbonyl (C=S) groups is 1. The summed E-state index contributed by atoms with van der Waals surface area (Å²) in [5, 5.41) is 9.70. The molecule has 0 saturated carbocycles. The molecule has 24 heavy (non-hydrogen) atoms. The quantitative estimate of drug-likeness (QED) is 0.629. The number of hydrogen-bond acceptors (Lipinski definition) is 5. The van der Waals surface area contributed by atoms with Gasteiger partial charge in [0.1, 0.15) is 10.1 Å². The molecule has 0 unspecified atom stereocenters. The molecule has 3 rings (SSSR count). The van der Waals surface area contributed by atoms with E-state index in [0.29, 0.717) is 9.23 Å². The van der Waals surface area contributed by atoms with Gasteiger partial charge in [0.2, 0.25) is 0 Å². The van der Waals surface area contributed by atoms with Gasteiger partial charge in [0.15, 0.2) is 0 Å². The van der Waals surface area contributed by atoms with E-state index in [0.717, 1.165) is 22.2 Å². The molecule has 124 valence electrons. The number of hydrogen-bond donors (Lipinski definition) is 2. The molecule has 8 heteroatoms. The van der Waals surface area contributed by atoms with E-state index in [1.807, 2.05) is 24.4 Å². The summed E-state index contributed by atoms with van der Waals surface area (Å²) in [7, 11) is 1.60. The summed E-state index contributed by atoms with van der Waals surface area (Å²) in [6.45, 7) is 0.0824. The molecule has 1 amide bonds. The lowest BCUT2D eigenvalue weighted by Crippen LogP contribution is -2.30. The Morgan fingerprint density at radius 3 is 3.00 bits per heavy atom. The minimum Gasteiger partial charge on any atom is -0.497 e. The number of nitrogens with one attached hydrogen (secondary N) is 1. The van der Waals surface area contributed by atoms with E-state index in [2.05, 4.69) is 4.98 Å². The minimum atomic E-state index is -0.961. The predicted octanol–water partition coefficient (Wildman–Crippen LogP) is 2.85. The van der Waals surface area contributed by atoms with Crippen LogP contribution >= 0.6 is 24.0 Å². The van der Waals surface area contributed by atoms with Crippen molar-refractivity contribution >= 4 is 57.2 Å². The summed E-state index contributed by atoms with van der Waals surface area (Å²) in [4.78, 5) is 28.1. The number of benzene rings is 1. The van der Waals surface area contributed by atoms with Crippen LogP contribution in [0, 0.1) is 0 Å². The van der Waals surface area contributed by atoms with E-state index in [1.165, 1.54) is 16.7 Å². The molecule has 0 radical (unpaired) electrons. The number of thioether (sulfide) groups is 1. The van der Waals surface area contributed by atoms with Gasteiger partial charge in [-0.2, -0.15) is 0 Å². The van der Waals surface area contributed by atoms with Crippen LogP contribution in [-0.2, 0) is 9.59 Å². The highest BCUT2D eigenvalue weighted by molar-refractivity contribution is 8.26. The fourth-order valence-corrected chi connectivity index (χ4v) is 3.71. The Kier molecular flexibility index (Phi) is 4.59. The summed E-state index contributed by atoms with van der Waals surface area (Å²) < 4.78 is 5.61. The molecule has 2 heterocycles. The first kappa shape index (κ1) is 16.5. The monoisotopic (exact) mass is 362 g/mol. The van der Waals surface area contributed by atoms with Crippen LogP contribution in [0.5, 0.6) is 5.75 Å². The van der Waals surface area contributed by atoms with Crippen LogP contribution in [0.15, 0.2) is 29.3 Å². The highest BCUT2D eigenvalue weighted by Gasteiger charge is 2.32. The number of carbonyl (C=O) groups is 2. The normalized spacial score (nSPS) is 16.4. The lowest BCUT2D eigenvalue weighted by Gasteiger charge is -2.12. The van der Waals surface area contributed by atoms with Crippen LogP contribution in [0.1, 0.15) is 12.0 Å². The molecule has 1 aliphatic heterocycles. The largest absolute Gasteiger partial charge is 0.497 e. The molecule has 1 aromatic carbocycles. The average Bonchev–Trinajstić information content (AvgIpc) is 3.07. The number of fused-ring (bicyclic) bond motifs is 1. The van der Waals surface area contributed by atoms with Crippen molar-refractivity contribution < 1.29 is 19.4 Å². The van der Waals surface area contributed by atoms with Crippen molar-refractivity contribution in [2.24, 2.45) is 0 Å². The Morgan fingerprint density at radius 1 is 1.50 bits per heavy atom. The number of aromatic nitrogens is 1. The SMILES string of the molecule is COc1ccc2[nH]cc(C=C3SC(=S)N(CCC(=O)O)C3=O)c2c1. The Balaban J connectivity index is 1.90. The molecule has 0 aliphatic carbocycles. The molecule has 2 N–H and O–H groups in total. The van der Waals surface area contributed by atoms with Crippen molar-refractivity contribution in [3.05, 3.63) is 34.9 Å². The van der Waals surface area contributed by atoms with Gasteiger partial charge in [-0.05, 0) is 24.3 Å². The number of carbonyl (C=O) groups excluding carboxylic acids is 1. The van der Waals surface area contributed by atoms with Crippen LogP contribution < -0.4 is 4.74 Å². The number of H-pyrrole nitrogens is 1. The molecular weight excluding hydrogens is 348 g/mol. The first-order valence-corrected chi connectivity index (χ1v) is 8.34. The van der Waals surface area contributed by atoms with Crippen LogP contribution in [0.3, 0.4) is 0 Å².